The van der Waals surface area contributed by atoms with Crippen LogP contribution in [0.25, 0.3) is 6.08 Å². The van der Waals surface area contributed by atoms with Crippen LogP contribution in [0.4, 0.5) is 0 Å². The van der Waals surface area contributed by atoms with Gasteiger partial charge in [0, 0.05) is 17.9 Å². The van der Waals surface area contributed by atoms with Gasteiger partial charge in [0.05, 0.1) is 14.2 Å². The molecule has 2 unspecified atom stereocenters. The van der Waals surface area contributed by atoms with Crippen molar-refractivity contribution in [2.24, 2.45) is 5.73 Å². The van der Waals surface area contributed by atoms with Crippen LogP contribution in [0.3, 0.4) is 0 Å². The molecule has 0 radical (unpaired) electrons. The predicted molar refractivity (Wildman–Crippen MR) is 125 cm³/mol. The van der Waals surface area contributed by atoms with Gasteiger partial charge in [-0.2, -0.15) is 11.8 Å². The van der Waals surface area contributed by atoms with Crippen LogP contribution in [0.15, 0.2) is 18.2 Å². The summed E-state index contributed by atoms with van der Waals surface area (Å²) in [5, 5.41) is 32.2. The number of methoxy groups -OCH3 is 2. The zero-order valence-corrected chi connectivity index (χ0v) is 19.6. The third-order valence-electron chi connectivity index (χ3n) is 4.38. The maximum absolute atomic E-state index is 12.3. The van der Waals surface area contributed by atoms with Gasteiger partial charge in [-0.3, -0.25) is 19.2 Å². The Labute approximate surface area is 200 Å². The molecule has 0 aliphatic rings. The second-order valence-corrected chi connectivity index (χ2v) is 8.00. The smallest absolute Gasteiger partial charge is 0.322 e. The summed E-state index contributed by atoms with van der Waals surface area (Å²) in [6.45, 7) is -0.607. The first-order valence-corrected chi connectivity index (χ1v) is 11.2. The molecular weight excluding hydrogens is 470 g/mol. The number of hydrogen-bond donors (Lipinski definition) is 6. The minimum atomic E-state index is -1.24. The number of rotatable bonds is 15. The molecule has 1 rings (SSSR count). The van der Waals surface area contributed by atoms with E-state index >= 15 is 0 Å². The van der Waals surface area contributed by atoms with Crippen LogP contribution >= 0.6 is 11.8 Å². The van der Waals surface area contributed by atoms with E-state index in [1.165, 1.54) is 26.0 Å². The van der Waals surface area contributed by atoms with Gasteiger partial charge in [0.2, 0.25) is 17.6 Å². The zero-order chi connectivity index (χ0) is 25.7. The summed E-state index contributed by atoms with van der Waals surface area (Å²) in [6.07, 6.45) is 3.23. The number of hydrogen-bond acceptors (Lipinski definition) is 9. The molecule has 1 aromatic rings. The lowest BCUT2D eigenvalue weighted by atomic mass is 10.1. The molecule has 0 saturated carbocycles. The number of carbonyl (C=O) groups excluding carboxylic acids is 2. The Morgan fingerprint density at radius 3 is 2.29 bits per heavy atom. The molecule has 0 bridgehead atoms. The molecule has 34 heavy (non-hydrogen) atoms. The zero-order valence-electron chi connectivity index (χ0n) is 18.8. The summed E-state index contributed by atoms with van der Waals surface area (Å²) in [4.78, 5) is 45.9. The monoisotopic (exact) mass is 499 g/mol. The summed E-state index contributed by atoms with van der Waals surface area (Å²) in [7, 11) is 2.83. The van der Waals surface area contributed by atoms with E-state index < -0.39 is 42.4 Å². The summed E-state index contributed by atoms with van der Waals surface area (Å²) in [6, 6.07) is 0.994. The fourth-order valence-electron chi connectivity index (χ4n) is 2.59. The molecule has 0 aliphatic carbocycles. The Balaban J connectivity index is 2.71. The highest BCUT2D eigenvalue weighted by molar-refractivity contribution is 7.99. The van der Waals surface area contributed by atoms with E-state index in [0.717, 1.165) is 0 Å². The van der Waals surface area contributed by atoms with Crippen LogP contribution in [-0.2, 0) is 19.2 Å². The molecule has 13 heteroatoms. The number of phenols is 1. The number of carbonyl (C=O) groups is 4. The van der Waals surface area contributed by atoms with Crippen LogP contribution in [0.5, 0.6) is 17.2 Å². The topological polar surface area (TPSA) is 198 Å². The number of nitrogens with two attached hydrogens (primary N) is 1. The molecular formula is C21H29N3O9S. The van der Waals surface area contributed by atoms with Gasteiger partial charge in [0.15, 0.2) is 11.5 Å². The third-order valence-corrected chi connectivity index (χ3v) is 5.37. The SMILES string of the molecule is COc1cc(/C=C/CSCC(NC(=O)CCC(N)C(=O)O)C(=O)NCC(=O)O)cc(OC)c1O. The van der Waals surface area contributed by atoms with Crippen molar-refractivity contribution in [2.45, 2.75) is 24.9 Å². The number of carboxylic acid groups (broad SMARTS) is 2. The van der Waals surface area contributed by atoms with Crippen LogP contribution in [0, 0.1) is 0 Å². The first-order valence-electron chi connectivity index (χ1n) is 10.1. The van der Waals surface area contributed by atoms with Crippen molar-refractivity contribution in [3.8, 4) is 17.2 Å². The van der Waals surface area contributed by atoms with Crippen LogP contribution < -0.4 is 25.8 Å². The van der Waals surface area contributed by atoms with Crippen molar-refractivity contribution >= 4 is 41.6 Å². The largest absolute Gasteiger partial charge is 0.502 e. The second-order valence-electron chi connectivity index (χ2n) is 6.93. The van der Waals surface area contributed by atoms with E-state index in [-0.39, 0.29) is 35.8 Å². The first-order chi connectivity index (χ1) is 16.1. The lowest BCUT2D eigenvalue weighted by Crippen LogP contribution is -2.49. The predicted octanol–water partition coefficient (Wildman–Crippen LogP) is 0.0335. The van der Waals surface area contributed by atoms with E-state index in [0.29, 0.717) is 11.3 Å². The van der Waals surface area contributed by atoms with Crippen molar-refractivity contribution in [1.82, 2.24) is 10.6 Å². The van der Waals surface area contributed by atoms with Crippen molar-refractivity contribution in [3.05, 3.63) is 23.8 Å². The maximum atomic E-state index is 12.3. The number of benzene rings is 1. The summed E-state index contributed by atoms with van der Waals surface area (Å²) >= 11 is 1.30. The van der Waals surface area contributed by atoms with Gasteiger partial charge in [-0.1, -0.05) is 12.2 Å². The van der Waals surface area contributed by atoms with Crippen LogP contribution in [0.1, 0.15) is 18.4 Å². The van der Waals surface area contributed by atoms with E-state index in [2.05, 4.69) is 10.6 Å². The normalized spacial score (nSPS) is 12.6. The van der Waals surface area contributed by atoms with Gasteiger partial charge in [-0.25, -0.2) is 0 Å². The van der Waals surface area contributed by atoms with Gasteiger partial charge in [0.25, 0.3) is 0 Å². The number of phenolic OH excluding ortho intramolecular Hbond substituents is 1. The lowest BCUT2D eigenvalue weighted by molar-refractivity contribution is -0.139. The number of ether oxygens (including phenoxy) is 2. The molecule has 0 heterocycles. The van der Waals surface area contributed by atoms with Crippen LogP contribution in [-0.4, -0.2) is 83.4 Å². The average molecular weight is 500 g/mol. The van der Waals surface area contributed by atoms with E-state index in [9.17, 15) is 24.3 Å². The molecule has 0 saturated heterocycles. The minimum absolute atomic E-state index is 0.111. The fraction of sp³-hybridized carbons (Fsp3) is 0.429. The highest BCUT2D eigenvalue weighted by atomic mass is 32.2. The first kappa shape index (κ1) is 28.6. The Kier molecular flexibility index (Phi) is 12.3. The van der Waals surface area contributed by atoms with E-state index in [1.807, 2.05) is 0 Å². The Hall–Kier alpha value is -3.45. The Bertz CT molecular complexity index is 882. The number of amides is 2. The summed E-state index contributed by atoms with van der Waals surface area (Å²) in [5.41, 5.74) is 6.08. The fourth-order valence-corrected chi connectivity index (χ4v) is 3.43. The minimum Gasteiger partial charge on any atom is -0.502 e. The Morgan fingerprint density at radius 1 is 1.15 bits per heavy atom. The molecule has 0 spiro atoms. The highest BCUT2D eigenvalue weighted by Gasteiger charge is 2.22. The van der Waals surface area contributed by atoms with Crippen LogP contribution in [0.2, 0.25) is 0 Å². The molecule has 12 nitrogen and oxygen atoms in total. The number of aliphatic carboxylic acids is 2. The van der Waals surface area contributed by atoms with Gasteiger partial charge in [-0.05, 0) is 24.1 Å². The molecule has 0 aliphatic heterocycles. The van der Waals surface area contributed by atoms with Gasteiger partial charge in [0.1, 0.15) is 18.6 Å². The second kappa shape index (κ2) is 14.6. The maximum Gasteiger partial charge on any atom is 0.322 e. The van der Waals surface area contributed by atoms with Crippen molar-refractivity contribution < 1.29 is 44.0 Å². The molecule has 0 aromatic heterocycles. The van der Waals surface area contributed by atoms with Crippen molar-refractivity contribution in [3.63, 3.8) is 0 Å². The number of carboxylic acids is 2. The van der Waals surface area contributed by atoms with Gasteiger partial charge in [-0.15, -0.1) is 0 Å². The number of thioether (sulfide) groups is 1. The highest BCUT2D eigenvalue weighted by Crippen LogP contribution is 2.37. The summed E-state index contributed by atoms with van der Waals surface area (Å²) in [5.74, 6) is -2.79. The molecule has 7 N–H and O–H groups in total. The molecule has 2 amide bonds. The third kappa shape index (κ3) is 10.0. The summed E-state index contributed by atoms with van der Waals surface area (Å²) < 4.78 is 10.2. The van der Waals surface area contributed by atoms with E-state index in [4.69, 9.17) is 25.4 Å². The number of aromatic hydroxyl groups is 1. The molecule has 1 aromatic carbocycles. The van der Waals surface area contributed by atoms with E-state index in [1.54, 1.807) is 24.3 Å². The Morgan fingerprint density at radius 2 is 1.76 bits per heavy atom. The van der Waals surface area contributed by atoms with Crippen molar-refractivity contribution in [1.29, 1.82) is 0 Å². The van der Waals surface area contributed by atoms with Gasteiger partial charge < -0.3 is 41.2 Å². The average Bonchev–Trinajstić information content (AvgIpc) is 2.80. The van der Waals surface area contributed by atoms with Crippen molar-refractivity contribution in [2.75, 3.05) is 32.3 Å². The quantitative estimate of drug-likeness (QED) is 0.178. The molecule has 2 atom stereocenters. The van der Waals surface area contributed by atoms with Gasteiger partial charge >= 0.3 is 11.9 Å². The number of nitrogens with one attached hydrogen (secondary N) is 2. The standard InChI is InChI=1S/C21H29N3O9S/c1-32-15-8-12(9-16(33-2)19(15)28)4-3-7-34-11-14(20(29)23-10-18(26)27)24-17(25)6-5-13(22)21(30)31/h3-4,8-9,13-14,28H,5-7,10-11,22H2,1-2H3,(H,23,29)(H,24,25)(H,26,27)(H,30,31)/b4-3+. The molecule has 0 fully saturated rings. The molecule has 188 valence electrons. The lowest BCUT2D eigenvalue weighted by Gasteiger charge is -2.18.